The Morgan fingerprint density at radius 3 is 2.31 bits per heavy atom. The van der Waals surface area contributed by atoms with Crippen LogP contribution >= 0.6 is 0 Å². The molecule has 0 aromatic carbocycles. The minimum absolute atomic E-state index is 0.0997. The zero-order valence-corrected chi connectivity index (χ0v) is 14.5. The van der Waals surface area contributed by atoms with Crippen LogP contribution in [0, 0.1) is 6.92 Å². The van der Waals surface area contributed by atoms with Crippen LogP contribution in [0.15, 0.2) is 24.3 Å². The highest BCUT2D eigenvalue weighted by Crippen LogP contribution is 2.29. The summed E-state index contributed by atoms with van der Waals surface area (Å²) in [6.07, 6.45) is -5.15. The van der Waals surface area contributed by atoms with Crippen molar-refractivity contribution < 1.29 is 18.3 Å². The number of pyridine rings is 1. The van der Waals surface area contributed by atoms with Gasteiger partial charge >= 0.3 is 6.18 Å². The van der Waals surface area contributed by atoms with Crippen LogP contribution in [0.1, 0.15) is 30.1 Å². The number of anilines is 2. The topological polar surface area (TPSA) is 65.4 Å². The molecule has 0 saturated carbocycles. The van der Waals surface area contributed by atoms with Gasteiger partial charge in [-0.25, -0.2) is 15.0 Å². The van der Waals surface area contributed by atoms with Gasteiger partial charge < -0.3 is 14.9 Å². The minimum atomic E-state index is -4.49. The number of hydrogen-bond acceptors (Lipinski definition) is 6. The summed E-state index contributed by atoms with van der Waals surface area (Å²) in [7, 11) is 0. The van der Waals surface area contributed by atoms with E-state index in [-0.39, 0.29) is 11.6 Å². The molecule has 0 bridgehead atoms. The Kier molecular flexibility index (Phi) is 4.99. The van der Waals surface area contributed by atoms with Crippen LogP contribution in [0.2, 0.25) is 0 Å². The number of nitrogens with zero attached hydrogens (tertiary/aromatic N) is 5. The number of halogens is 3. The lowest BCUT2D eigenvalue weighted by Gasteiger charge is -2.35. The lowest BCUT2D eigenvalue weighted by atomic mass is 10.2. The third-order valence-electron chi connectivity index (χ3n) is 4.20. The number of aryl methyl sites for hydroxylation is 1. The van der Waals surface area contributed by atoms with Crippen LogP contribution in [0.25, 0.3) is 0 Å². The van der Waals surface area contributed by atoms with Crippen molar-refractivity contribution in [2.24, 2.45) is 0 Å². The van der Waals surface area contributed by atoms with E-state index in [4.69, 9.17) is 0 Å². The first-order chi connectivity index (χ1) is 12.2. The van der Waals surface area contributed by atoms with E-state index < -0.39 is 18.0 Å². The second-order valence-corrected chi connectivity index (χ2v) is 6.26. The van der Waals surface area contributed by atoms with Gasteiger partial charge in [0.05, 0.1) is 11.8 Å². The Morgan fingerprint density at radius 1 is 1.04 bits per heavy atom. The van der Waals surface area contributed by atoms with E-state index in [1.807, 2.05) is 17.0 Å². The fourth-order valence-corrected chi connectivity index (χ4v) is 2.82. The first kappa shape index (κ1) is 18.4. The van der Waals surface area contributed by atoms with Gasteiger partial charge in [0, 0.05) is 31.9 Å². The summed E-state index contributed by atoms with van der Waals surface area (Å²) >= 11 is 0. The van der Waals surface area contributed by atoms with E-state index in [2.05, 4.69) is 15.0 Å². The number of alkyl halides is 3. The Hall–Kier alpha value is -2.42. The molecule has 2 aromatic heterocycles. The lowest BCUT2D eigenvalue weighted by molar-refractivity contribution is -0.141. The van der Waals surface area contributed by atoms with Crippen molar-refractivity contribution in [2.75, 3.05) is 36.0 Å². The summed E-state index contributed by atoms with van der Waals surface area (Å²) in [5.74, 6) is 0.840. The van der Waals surface area contributed by atoms with E-state index in [1.165, 1.54) is 6.92 Å². The molecule has 2 aromatic rings. The van der Waals surface area contributed by atoms with Crippen LogP contribution in [-0.2, 0) is 6.18 Å². The normalized spacial score (nSPS) is 16.7. The van der Waals surface area contributed by atoms with E-state index >= 15 is 0 Å². The van der Waals surface area contributed by atoms with Gasteiger partial charge in [0.15, 0.2) is 0 Å². The number of aliphatic hydroxyl groups is 1. The molecule has 1 N–H and O–H groups in total. The standard InChI is InChI=1S/C17H20F3N5O/c1-11-10-14(17(18,19)20)23-16(21-11)25-8-6-24(7-9-25)15-5-3-4-13(22-15)12(2)26/h3-5,10,12,26H,6-9H2,1-2H3/t12-/m1/s1. The third-order valence-corrected chi connectivity index (χ3v) is 4.20. The van der Waals surface area contributed by atoms with Crippen molar-refractivity contribution >= 4 is 11.8 Å². The van der Waals surface area contributed by atoms with Gasteiger partial charge in [-0.05, 0) is 32.0 Å². The maximum Gasteiger partial charge on any atom is 0.433 e. The fourth-order valence-electron chi connectivity index (χ4n) is 2.82. The molecule has 0 radical (unpaired) electrons. The summed E-state index contributed by atoms with van der Waals surface area (Å²) in [4.78, 5) is 16.0. The predicted molar refractivity (Wildman–Crippen MR) is 91.1 cm³/mol. The molecule has 9 heteroatoms. The maximum atomic E-state index is 13.0. The van der Waals surface area contributed by atoms with Crippen LogP contribution in [0.4, 0.5) is 24.9 Å². The number of aliphatic hydroxyl groups excluding tert-OH is 1. The van der Waals surface area contributed by atoms with E-state index in [0.29, 0.717) is 31.9 Å². The minimum Gasteiger partial charge on any atom is -0.387 e. The van der Waals surface area contributed by atoms with E-state index in [0.717, 1.165) is 11.9 Å². The lowest BCUT2D eigenvalue weighted by Crippen LogP contribution is -2.47. The molecule has 6 nitrogen and oxygen atoms in total. The fraction of sp³-hybridized carbons (Fsp3) is 0.471. The molecule has 0 spiro atoms. The number of aromatic nitrogens is 3. The average molecular weight is 367 g/mol. The second kappa shape index (κ2) is 7.06. The Bertz CT molecular complexity index is 773. The molecule has 1 aliphatic rings. The van der Waals surface area contributed by atoms with Crippen LogP contribution in [0.5, 0.6) is 0 Å². The van der Waals surface area contributed by atoms with Crippen molar-refractivity contribution in [3.05, 3.63) is 41.3 Å². The van der Waals surface area contributed by atoms with Crippen LogP contribution < -0.4 is 9.80 Å². The molecule has 140 valence electrons. The van der Waals surface area contributed by atoms with Gasteiger partial charge in [-0.2, -0.15) is 13.2 Å². The third kappa shape index (κ3) is 4.04. The number of piperazine rings is 1. The summed E-state index contributed by atoms with van der Waals surface area (Å²) in [6.45, 7) is 5.31. The molecular weight excluding hydrogens is 347 g/mol. The van der Waals surface area contributed by atoms with Gasteiger partial charge in [-0.15, -0.1) is 0 Å². The van der Waals surface area contributed by atoms with Crippen LogP contribution in [0.3, 0.4) is 0 Å². The summed E-state index contributed by atoms with van der Waals surface area (Å²) in [5.41, 5.74) is -0.0495. The second-order valence-electron chi connectivity index (χ2n) is 6.26. The van der Waals surface area contributed by atoms with Gasteiger partial charge in [-0.1, -0.05) is 6.07 Å². The van der Waals surface area contributed by atoms with Crippen molar-refractivity contribution in [3.63, 3.8) is 0 Å². The Morgan fingerprint density at radius 2 is 1.69 bits per heavy atom. The molecule has 3 rings (SSSR count). The molecule has 0 amide bonds. The van der Waals surface area contributed by atoms with Crippen molar-refractivity contribution in [3.8, 4) is 0 Å². The largest absolute Gasteiger partial charge is 0.433 e. The first-order valence-electron chi connectivity index (χ1n) is 8.32. The van der Waals surface area contributed by atoms with Gasteiger partial charge in [-0.3, -0.25) is 0 Å². The SMILES string of the molecule is Cc1cc(C(F)(F)F)nc(N2CCN(c3cccc([C@@H](C)O)n3)CC2)n1. The van der Waals surface area contributed by atoms with Crippen LogP contribution in [-0.4, -0.2) is 46.2 Å². The Labute approximate surface area is 149 Å². The smallest absolute Gasteiger partial charge is 0.387 e. The highest BCUT2D eigenvalue weighted by molar-refractivity contribution is 5.43. The zero-order valence-electron chi connectivity index (χ0n) is 14.5. The first-order valence-corrected chi connectivity index (χ1v) is 8.32. The molecule has 1 aliphatic heterocycles. The van der Waals surface area contributed by atoms with Crippen molar-refractivity contribution in [1.29, 1.82) is 0 Å². The molecule has 26 heavy (non-hydrogen) atoms. The van der Waals surface area contributed by atoms with Gasteiger partial charge in [0.25, 0.3) is 0 Å². The number of rotatable bonds is 3. The highest BCUT2D eigenvalue weighted by Gasteiger charge is 2.34. The molecule has 1 atom stereocenters. The molecular formula is C17H20F3N5O. The molecule has 0 unspecified atom stereocenters. The Balaban J connectivity index is 1.73. The van der Waals surface area contributed by atoms with E-state index in [1.54, 1.807) is 17.9 Å². The van der Waals surface area contributed by atoms with Gasteiger partial charge in [0.1, 0.15) is 11.5 Å². The van der Waals surface area contributed by atoms with Gasteiger partial charge in [0.2, 0.25) is 5.95 Å². The summed E-state index contributed by atoms with van der Waals surface area (Å²) in [5, 5.41) is 9.66. The van der Waals surface area contributed by atoms with Crippen molar-refractivity contribution in [2.45, 2.75) is 26.1 Å². The summed E-state index contributed by atoms with van der Waals surface area (Å²) < 4.78 is 38.9. The maximum absolute atomic E-state index is 13.0. The molecule has 1 saturated heterocycles. The number of hydrogen-bond donors (Lipinski definition) is 1. The highest BCUT2D eigenvalue weighted by atomic mass is 19.4. The van der Waals surface area contributed by atoms with Crippen molar-refractivity contribution in [1.82, 2.24) is 15.0 Å². The molecule has 3 heterocycles. The van der Waals surface area contributed by atoms with E-state index in [9.17, 15) is 18.3 Å². The zero-order chi connectivity index (χ0) is 18.9. The summed E-state index contributed by atoms with van der Waals surface area (Å²) in [6, 6.07) is 6.39. The monoisotopic (exact) mass is 367 g/mol. The average Bonchev–Trinajstić information content (AvgIpc) is 2.61. The molecule has 0 aliphatic carbocycles. The molecule has 1 fully saturated rings. The predicted octanol–water partition coefficient (Wildman–Crippen LogP) is 2.58. The quantitative estimate of drug-likeness (QED) is 0.900.